The minimum absolute atomic E-state index is 0.0596. The van der Waals surface area contributed by atoms with Gasteiger partial charge >= 0.3 is 0 Å². The molecule has 1 heterocycles. The van der Waals surface area contributed by atoms with Crippen LogP contribution in [0.5, 0.6) is 11.5 Å². The fraction of sp³-hybridized carbons (Fsp3) is 0.231. The Morgan fingerprint density at radius 3 is 2.55 bits per heavy atom. The Labute approximate surface area is 184 Å². The quantitative estimate of drug-likeness (QED) is 0.416. The minimum atomic E-state index is -0.0596. The summed E-state index contributed by atoms with van der Waals surface area (Å²) in [5.74, 6) is 1.09. The normalized spacial score (nSPS) is 10.4. The SMILES string of the molecule is C=CCN(CCc1ccccc1)C(=O)c1ccc(OCc2cccnc2)c(OCC)c1. The van der Waals surface area contributed by atoms with Crippen LogP contribution in [0, 0.1) is 0 Å². The van der Waals surface area contributed by atoms with Gasteiger partial charge in [0.25, 0.3) is 5.91 Å². The average Bonchev–Trinajstić information content (AvgIpc) is 2.82. The summed E-state index contributed by atoms with van der Waals surface area (Å²) in [7, 11) is 0. The standard InChI is InChI=1S/C26H28N2O3/c1-3-16-28(17-14-21-9-6-5-7-10-21)26(29)23-12-13-24(25(18-23)30-4-2)31-20-22-11-8-15-27-19-22/h3,5-13,15,18-19H,1,4,14,16-17,20H2,2H3. The van der Waals surface area contributed by atoms with Crippen molar-refractivity contribution in [2.24, 2.45) is 0 Å². The Morgan fingerprint density at radius 1 is 1.03 bits per heavy atom. The van der Waals surface area contributed by atoms with Crippen LogP contribution < -0.4 is 9.47 Å². The van der Waals surface area contributed by atoms with Crippen molar-refractivity contribution in [3.63, 3.8) is 0 Å². The maximum atomic E-state index is 13.2. The van der Waals surface area contributed by atoms with E-state index in [0.29, 0.717) is 43.4 Å². The first-order chi connectivity index (χ1) is 15.2. The summed E-state index contributed by atoms with van der Waals surface area (Å²) in [6.45, 7) is 7.65. The van der Waals surface area contributed by atoms with Crippen LogP contribution in [0.25, 0.3) is 0 Å². The molecule has 0 radical (unpaired) electrons. The van der Waals surface area contributed by atoms with Gasteiger partial charge in [-0.15, -0.1) is 6.58 Å². The molecular formula is C26H28N2O3. The first kappa shape index (κ1) is 22.1. The van der Waals surface area contributed by atoms with Crippen molar-refractivity contribution in [2.45, 2.75) is 20.0 Å². The van der Waals surface area contributed by atoms with Crippen molar-refractivity contribution in [3.05, 3.63) is 102 Å². The van der Waals surface area contributed by atoms with Gasteiger partial charge in [-0.2, -0.15) is 0 Å². The monoisotopic (exact) mass is 416 g/mol. The molecule has 3 rings (SSSR count). The molecule has 0 unspecified atom stereocenters. The van der Waals surface area contributed by atoms with Gasteiger partial charge in [-0.25, -0.2) is 0 Å². The predicted octanol–water partition coefficient (Wildman–Crippen LogP) is 4.93. The Morgan fingerprint density at radius 2 is 1.84 bits per heavy atom. The highest BCUT2D eigenvalue weighted by molar-refractivity contribution is 5.95. The summed E-state index contributed by atoms with van der Waals surface area (Å²) in [5.41, 5.74) is 2.72. The Bertz CT molecular complexity index is 974. The molecule has 0 bridgehead atoms. The van der Waals surface area contributed by atoms with Gasteiger partial charge in [0, 0.05) is 36.6 Å². The smallest absolute Gasteiger partial charge is 0.254 e. The van der Waals surface area contributed by atoms with Gasteiger partial charge in [-0.3, -0.25) is 9.78 Å². The van der Waals surface area contributed by atoms with Crippen LogP contribution in [-0.2, 0) is 13.0 Å². The van der Waals surface area contributed by atoms with E-state index in [1.54, 1.807) is 41.6 Å². The van der Waals surface area contributed by atoms with Crippen molar-refractivity contribution in [1.29, 1.82) is 0 Å². The molecule has 2 aromatic carbocycles. The van der Waals surface area contributed by atoms with E-state index in [2.05, 4.69) is 23.7 Å². The van der Waals surface area contributed by atoms with Crippen LogP contribution in [0.3, 0.4) is 0 Å². The molecule has 0 spiro atoms. The van der Waals surface area contributed by atoms with E-state index >= 15 is 0 Å². The van der Waals surface area contributed by atoms with E-state index in [9.17, 15) is 4.79 Å². The number of carbonyl (C=O) groups excluding carboxylic acids is 1. The minimum Gasteiger partial charge on any atom is -0.490 e. The molecule has 0 aliphatic heterocycles. The molecule has 1 aromatic heterocycles. The molecule has 5 nitrogen and oxygen atoms in total. The summed E-state index contributed by atoms with van der Waals surface area (Å²) >= 11 is 0. The number of carbonyl (C=O) groups is 1. The van der Waals surface area contributed by atoms with E-state index in [-0.39, 0.29) is 5.91 Å². The second kappa shape index (κ2) is 11.6. The second-order valence-electron chi connectivity index (χ2n) is 7.02. The zero-order chi connectivity index (χ0) is 21.9. The summed E-state index contributed by atoms with van der Waals surface area (Å²) in [5, 5.41) is 0. The Kier molecular flexibility index (Phi) is 8.23. The summed E-state index contributed by atoms with van der Waals surface area (Å²) in [4.78, 5) is 19.1. The Balaban J connectivity index is 1.73. The number of nitrogens with zero attached hydrogens (tertiary/aromatic N) is 2. The lowest BCUT2D eigenvalue weighted by molar-refractivity contribution is 0.0775. The zero-order valence-electron chi connectivity index (χ0n) is 17.9. The summed E-state index contributed by atoms with van der Waals surface area (Å²) < 4.78 is 11.7. The van der Waals surface area contributed by atoms with Crippen molar-refractivity contribution in [1.82, 2.24) is 9.88 Å². The van der Waals surface area contributed by atoms with Crippen LogP contribution in [0.4, 0.5) is 0 Å². The van der Waals surface area contributed by atoms with Crippen molar-refractivity contribution >= 4 is 5.91 Å². The maximum absolute atomic E-state index is 13.2. The first-order valence-corrected chi connectivity index (χ1v) is 10.4. The van der Waals surface area contributed by atoms with Gasteiger partial charge in [0.1, 0.15) is 6.61 Å². The first-order valence-electron chi connectivity index (χ1n) is 10.4. The molecule has 3 aromatic rings. The van der Waals surface area contributed by atoms with Crippen LogP contribution in [0.2, 0.25) is 0 Å². The van der Waals surface area contributed by atoms with Gasteiger partial charge in [0.15, 0.2) is 11.5 Å². The van der Waals surface area contributed by atoms with Crippen molar-refractivity contribution < 1.29 is 14.3 Å². The highest BCUT2D eigenvalue weighted by Crippen LogP contribution is 2.30. The molecule has 5 heteroatoms. The van der Waals surface area contributed by atoms with Gasteiger partial charge in [0.2, 0.25) is 0 Å². The van der Waals surface area contributed by atoms with Crippen LogP contribution in [-0.4, -0.2) is 35.5 Å². The lowest BCUT2D eigenvalue weighted by Crippen LogP contribution is -2.33. The summed E-state index contributed by atoms with van der Waals surface area (Å²) in [6.07, 6.45) is 6.02. The molecule has 0 saturated heterocycles. The fourth-order valence-electron chi connectivity index (χ4n) is 3.20. The molecule has 0 atom stereocenters. The Hall–Kier alpha value is -3.60. The molecule has 0 fully saturated rings. The molecule has 160 valence electrons. The largest absolute Gasteiger partial charge is 0.490 e. The van der Waals surface area contributed by atoms with Gasteiger partial charge in [-0.05, 0) is 43.2 Å². The molecule has 0 N–H and O–H groups in total. The molecule has 0 aliphatic rings. The van der Waals surface area contributed by atoms with Gasteiger partial charge in [-0.1, -0.05) is 42.5 Å². The number of hydrogen-bond acceptors (Lipinski definition) is 4. The molecular weight excluding hydrogens is 388 g/mol. The van der Waals surface area contributed by atoms with E-state index in [0.717, 1.165) is 12.0 Å². The molecule has 1 amide bonds. The van der Waals surface area contributed by atoms with Crippen LogP contribution in [0.1, 0.15) is 28.4 Å². The zero-order valence-corrected chi connectivity index (χ0v) is 17.9. The number of aromatic nitrogens is 1. The molecule has 31 heavy (non-hydrogen) atoms. The predicted molar refractivity (Wildman–Crippen MR) is 122 cm³/mol. The van der Waals surface area contributed by atoms with E-state index < -0.39 is 0 Å². The van der Waals surface area contributed by atoms with Crippen molar-refractivity contribution in [2.75, 3.05) is 19.7 Å². The topological polar surface area (TPSA) is 51.7 Å². The molecule has 0 saturated carbocycles. The number of amides is 1. The van der Waals surface area contributed by atoms with E-state index in [1.807, 2.05) is 37.3 Å². The van der Waals surface area contributed by atoms with Gasteiger partial charge in [0.05, 0.1) is 6.61 Å². The number of hydrogen-bond donors (Lipinski definition) is 0. The maximum Gasteiger partial charge on any atom is 0.254 e. The number of rotatable bonds is 11. The average molecular weight is 417 g/mol. The van der Waals surface area contributed by atoms with Crippen LogP contribution in [0.15, 0.2) is 85.7 Å². The third-order valence-corrected chi connectivity index (χ3v) is 4.76. The van der Waals surface area contributed by atoms with Crippen LogP contribution >= 0.6 is 0 Å². The number of ether oxygens (including phenoxy) is 2. The lowest BCUT2D eigenvalue weighted by Gasteiger charge is -2.22. The third-order valence-electron chi connectivity index (χ3n) is 4.76. The van der Waals surface area contributed by atoms with E-state index in [1.165, 1.54) is 5.56 Å². The summed E-state index contributed by atoms with van der Waals surface area (Å²) in [6, 6.07) is 19.3. The third kappa shape index (κ3) is 6.44. The second-order valence-corrected chi connectivity index (χ2v) is 7.02. The van der Waals surface area contributed by atoms with Crippen molar-refractivity contribution in [3.8, 4) is 11.5 Å². The number of pyridine rings is 1. The van der Waals surface area contributed by atoms with Gasteiger partial charge < -0.3 is 14.4 Å². The molecule has 0 aliphatic carbocycles. The highest BCUT2D eigenvalue weighted by atomic mass is 16.5. The lowest BCUT2D eigenvalue weighted by atomic mass is 10.1. The highest BCUT2D eigenvalue weighted by Gasteiger charge is 2.17. The van der Waals surface area contributed by atoms with E-state index in [4.69, 9.17) is 9.47 Å². The number of benzene rings is 2. The fourth-order valence-corrected chi connectivity index (χ4v) is 3.20.